The van der Waals surface area contributed by atoms with Crippen LogP contribution in [0.25, 0.3) is 0 Å². The fourth-order valence-electron chi connectivity index (χ4n) is 2.22. The fourth-order valence-corrected chi connectivity index (χ4v) is 3.02. The summed E-state index contributed by atoms with van der Waals surface area (Å²) in [5.41, 5.74) is 0.373. The molecule has 0 heterocycles. The van der Waals surface area contributed by atoms with E-state index in [4.69, 9.17) is 0 Å². The number of carbonyl (C=O) groups is 1. The average Bonchev–Trinajstić information content (AvgIpc) is 2.80. The molecule has 0 aliphatic heterocycles. The largest absolute Gasteiger partial charge is 0.504 e. The quantitative estimate of drug-likeness (QED) is 0.734. The molecule has 0 radical (unpaired) electrons. The van der Waals surface area contributed by atoms with Crippen molar-refractivity contribution in [2.75, 3.05) is 6.26 Å². The minimum absolute atomic E-state index is 0.197. The van der Waals surface area contributed by atoms with Crippen molar-refractivity contribution in [3.05, 3.63) is 23.8 Å². The Morgan fingerprint density at radius 2 is 2.11 bits per heavy atom. The Hall–Kier alpha value is -1.36. The minimum Gasteiger partial charge on any atom is -0.504 e. The fraction of sp³-hybridized carbons (Fsp3) is 0.462. The van der Waals surface area contributed by atoms with Crippen LogP contribution in [0.5, 0.6) is 11.5 Å². The SMILES string of the molecule is CSC1CCC(NC(=O)c2ccc(O)c(O)c2)C1. The Morgan fingerprint density at radius 3 is 2.72 bits per heavy atom. The van der Waals surface area contributed by atoms with Gasteiger partial charge in [-0.2, -0.15) is 11.8 Å². The number of hydrogen-bond donors (Lipinski definition) is 3. The summed E-state index contributed by atoms with van der Waals surface area (Å²) in [6.45, 7) is 0. The first-order valence-electron chi connectivity index (χ1n) is 5.95. The zero-order valence-corrected chi connectivity index (χ0v) is 11.0. The van der Waals surface area contributed by atoms with E-state index in [1.165, 1.54) is 18.2 Å². The molecule has 0 spiro atoms. The van der Waals surface area contributed by atoms with E-state index in [0.29, 0.717) is 10.8 Å². The maximum Gasteiger partial charge on any atom is 0.251 e. The molecule has 0 saturated heterocycles. The molecular weight excluding hydrogens is 250 g/mol. The molecule has 1 aliphatic carbocycles. The van der Waals surface area contributed by atoms with E-state index in [9.17, 15) is 15.0 Å². The molecule has 18 heavy (non-hydrogen) atoms. The summed E-state index contributed by atoms with van der Waals surface area (Å²) in [6.07, 6.45) is 5.22. The smallest absolute Gasteiger partial charge is 0.251 e. The maximum atomic E-state index is 11.9. The van der Waals surface area contributed by atoms with Gasteiger partial charge in [-0.05, 0) is 43.7 Å². The molecule has 0 bridgehead atoms. The third-order valence-electron chi connectivity index (χ3n) is 3.29. The number of phenolic OH excluding ortho intramolecular Hbond substituents is 2. The van der Waals surface area contributed by atoms with E-state index in [1.54, 1.807) is 0 Å². The van der Waals surface area contributed by atoms with Crippen LogP contribution in [0.15, 0.2) is 18.2 Å². The number of carbonyl (C=O) groups excluding carboxylic acids is 1. The molecule has 2 rings (SSSR count). The molecule has 5 heteroatoms. The number of phenols is 2. The number of rotatable bonds is 3. The van der Waals surface area contributed by atoms with Gasteiger partial charge in [0.15, 0.2) is 11.5 Å². The van der Waals surface area contributed by atoms with Gasteiger partial charge in [-0.3, -0.25) is 4.79 Å². The van der Waals surface area contributed by atoms with Crippen molar-refractivity contribution in [2.24, 2.45) is 0 Å². The third-order valence-corrected chi connectivity index (χ3v) is 4.39. The number of nitrogens with one attached hydrogen (secondary N) is 1. The zero-order valence-electron chi connectivity index (χ0n) is 10.2. The second-order valence-corrected chi connectivity index (χ2v) is 5.68. The summed E-state index contributed by atoms with van der Waals surface area (Å²) in [6, 6.07) is 4.33. The molecule has 2 atom stereocenters. The van der Waals surface area contributed by atoms with Crippen molar-refractivity contribution in [2.45, 2.75) is 30.6 Å². The standard InChI is InChI=1S/C13H17NO3S/c1-18-10-4-3-9(7-10)14-13(17)8-2-5-11(15)12(16)6-8/h2,5-6,9-10,15-16H,3-4,7H2,1H3,(H,14,17). The van der Waals surface area contributed by atoms with E-state index in [1.807, 2.05) is 11.8 Å². The molecular formula is C13H17NO3S. The molecule has 98 valence electrons. The van der Waals surface area contributed by atoms with Crippen LogP contribution in [0.4, 0.5) is 0 Å². The lowest BCUT2D eigenvalue weighted by molar-refractivity contribution is 0.0937. The normalized spacial score (nSPS) is 22.9. The molecule has 1 saturated carbocycles. The van der Waals surface area contributed by atoms with Gasteiger partial charge in [-0.25, -0.2) is 0 Å². The topological polar surface area (TPSA) is 69.6 Å². The summed E-state index contributed by atoms with van der Waals surface area (Å²) in [4.78, 5) is 11.9. The number of amides is 1. The lowest BCUT2D eigenvalue weighted by Gasteiger charge is -2.13. The molecule has 1 aromatic carbocycles. The predicted octanol–water partition coefficient (Wildman–Crippen LogP) is 2.11. The average molecular weight is 267 g/mol. The van der Waals surface area contributed by atoms with Crippen molar-refractivity contribution in [1.82, 2.24) is 5.32 Å². The Kier molecular flexibility index (Phi) is 4.01. The van der Waals surface area contributed by atoms with E-state index in [-0.39, 0.29) is 23.4 Å². The Morgan fingerprint density at radius 1 is 1.33 bits per heavy atom. The van der Waals surface area contributed by atoms with Crippen molar-refractivity contribution in [1.29, 1.82) is 0 Å². The highest BCUT2D eigenvalue weighted by atomic mass is 32.2. The van der Waals surface area contributed by atoms with E-state index in [0.717, 1.165) is 19.3 Å². The monoisotopic (exact) mass is 267 g/mol. The van der Waals surface area contributed by atoms with Gasteiger partial charge in [0, 0.05) is 16.9 Å². The van der Waals surface area contributed by atoms with Crippen LogP contribution in [0.3, 0.4) is 0 Å². The van der Waals surface area contributed by atoms with Gasteiger partial charge in [-0.15, -0.1) is 0 Å². The van der Waals surface area contributed by atoms with Crippen LogP contribution >= 0.6 is 11.8 Å². The Bertz CT molecular complexity index is 450. The lowest BCUT2D eigenvalue weighted by Crippen LogP contribution is -2.33. The third kappa shape index (κ3) is 2.90. The number of hydrogen-bond acceptors (Lipinski definition) is 4. The molecule has 1 amide bonds. The van der Waals surface area contributed by atoms with Crippen LogP contribution in [0, 0.1) is 0 Å². The minimum atomic E-state index is -0.268. The summed E-state index contributed by atoms with van der Waals surface area (Å²) < 4.78 is 0. The number of thioether (sulfide) groups is 1. The maximum absolute atomic E-state index is 11.9. The Labute approximate surface area is 110 Å². The van der Waals surface area contributed by atoms with Crippen LogP contribution in [0.1, 0.15) is 29.6 Å². The molecule has 1 aromatic rings. The number of benzene rings is 1. The van der Waals surface area contributed by atoms with E-state index in [2.05, 4.69) is 11.6 Å². The number of aromatic hydroxyl groups is 2. The molecule has 4 nitrogen and oxygen atoms in total. The lowest BCUT2D eigenvalue weighted by atomic mass is 10.1. The first-order valence-corrected chi connectivity index (χ1v) is 7.24. The molecule has 3 N–H and O–H groups in total. The highest BCUT2D eigenvalue weighted by Crippen LogP contribution is 2.29. The molecule has 0 aromatic heterocycles. The Balaban J connectivity index is 1.97. The summed E-state index contributed by atoms with van der Waals surface area (Å²) in [5.74, 6) is -0.678. The van der Waals surface area contributed by atoms with Crippen molar-refractivity contribution in [3.63, 3.8) is 0 Å². The zero-order chi connectivity index (χ0) is 13.1. The summed E-state index contributed by atoms with van der Waals surface area (Å²) in [7, 11) is 0. The van der Waals surface area contributed by atoms with Crippen LogP contribution in [0.2, 0.25) is 0 Å². The predicted molar refractivity (Wildman–Crippen MR) is 72.2 cm³/mol. The second kappa shape index (κ2) is 5.52. The van der Waals surface area contributed by atoms with E-state index >= 15 is 0 Å². The highest BCUT2D eigenvalue weighted by Gasteiger charge is 2.25. The van der Waals surface area contributed by atoms with Crippen LogP contribution in [-0.4, -0.2) is 33.7 Å². The van der Waals surface area contributed by atoms with Gasteiger partial charge in [0.2, 0.25) is 0 Å². The highest BCUT2D eigenvalue weighted by molar-refractivity contribution is 7.99. The van der Waals surface area contributed by atoms with Crippen molar-refractivity contribution >= 4 is 17.7 Å². The van der Waals surface area contributed by atoms with Gasteiger partial charge in [-0.1, -0.05) is 0 Å². The van der Waals surface area contributed by atoms with Crippen LogP contribution in [-0.2, 0) is 0 Å². The summed E-state index contributed by atoms with van der Waals surface area (Å²) >= 11 is 1.84. The van der Waals surface area contributed by atoms with Gasteiger partial charge >= 0.3 is 0 Å². The summed E-state index contributed by atoms with van der Waals surface area (Å²) in [5, 5.41) is 22.1. The second-order valence-electron chi connectivity index (χ2n) is 4.54. The van der Waals surface area contributed by atoms with Gasteiger partial charge in [0.05, 0.1) is 0 Å². The first-order chi connectivity index (χ1) is 8.60. The van der Waals surface area contributed by atoms with E-state index < -0.39 is 0 Å². The van der Waals surface area contributed by atoms with Gasteiger partial charge in [0.25, 0.3) is 5.91 Å². The molecule has 1 fully saturated rings. The van der Waals surface area contributed by atoms with Gasteiger partial charge < -0.3 is 15.5 Å². The molecule has 2 unspecified atom stereocenters. The van der Waals surface area contributed by atoms with Crippen molar-refractivity contribution < 1.29 is 15.0 Å². The first kappa shape index (κ1) is 13.1. The van der Waals surface area contributed by atoms with Crippen molar-refractivity contribution in [3.8, 4) is 11.5 Å². The van der Waals surface area contributed by atoms with Gasteiger partial charge in [0.1, 0.15) is 0 Å². The van der Waals surface area contributed by atoms with Crippen LogP contribution < -0.4 is 5.32 Å². The molecule has 1 aliphatic rings.